The lowest BCUT2D eigenvalue weighted by molar-refractivity contribution is -0.167. The summed E-state index contributed by atoms with van der Waals surface area (Å²) in [5.41, 5.74) is 0. The first-order valence-electron chi connectivity index (χ1n) is 28.2. The molecule has 1 atom stereocenters. The summed E-state index contributed by atoms with van der Waals surface area (Å²) in [6, 6.07) is 0. The minimum absolute atomic E-state index is 0.0630. The molecule has 6 nitrogen and oxygen atoms in total. The molecule has 0 rings (SSSR count). The minimum Gasteiger partial charge on any atom is -0.462 e. The van der Waals surface area contributed by atoms with Crippen molar-refractivity contribution in [2.24, 2.45) is 11.8 Å². The second-order valence-electron chi connectivity index (χ2n) is 20.5. The molecule has 0 amide bonds. The first-order valence-corrected chi connectivity index (χ1v) is 28.2. The summed E-state index contributed by atoms with van der Waals surface area (Å²) in [7, 11) is 0. The fraction of sp³-hybridized carbons (Fsp3) is 0.947. The zero-order valence-corrected chi connectivity index (χ0v) is 43.2. The van der Waals surface area contributed by atoms with Gasteiger partial charge in [0.2, 0.25) is 0 Å². The van der Waals surface area contributed by atoms with E-state index in [9.17, 15) is 14.4 Å². The fourth-order valence-electron chi connectivity index (χ4n) is 8.70. The number of rotatable bonds is 51. The Morgan fingerprint density at radius 1 is 0.302 bits per heavy atom. The number of hydrogen-bond donors (Lipinski definition) is 0. The van der Waals surface area contributed by atoms with Crippen LogP contribution in [-0.4, -0.2) is 37.2 Å². The third-order valence-electron chi connectivity index (χ3n) is 13.0. The van der Waals surface area contributed by atoms with Crippen molar-refractivity contribution in [1.29, 1.82) is 0 Å². The van der Waals surface area contributed by atoms with Crippen LogP contribution in [0.1, 0.15) is 317 Å². The number of carbonyl (C=O) groups is 3. The van der Waals surface area contributed by atoms with Crippen LogP contribution >= 0.6 is 0 Å². The van der Waals surface area contributed by atoms with Gasteiger partial charge in [-0.1, -0.05) is 279 Å². The Morgan fingerprint density at radius 2 is 0.524 bits per heavy atom. The molecule has 0 aliphatic heterocycles. The maximum atomic E-state index is 12.8. The van der Waals surface area contributed by atoms with E-state index in [0.717, 1.165) is 69.6 Å². The molecule has 0 N–H and O–H groups in total. The summed E-state index contributed by atoms with van der Waals surface area (Å²) in [6.07, 6.45) is 52.4. The second-order valence-corrected chi connectivity index (χ2v) is 20.5. The predicted octanol–water partition coefficient (Wildman–Crippen LogP) is 18.5. The third kappa shape index (κ3) is 51.3. The Hall–Kier alpha value is -1.59. The third-order valence-corrected chi connectivity index (χ3v) is 13.0. The summed E-state index contributed by atoms with van der Waals surface area (Å²) in [4.78, 5) is 38.1. The van der Waals surface area contributed by atoms with Crippen molar-refractivity contribution < 1.29 is 28.6 Å². The van der Waals surface area contributed by atoms with Crippen LogP contribution in [0.15, 0.2) is 0 Å². The van der Waals surface area contributed by atoms with Gasteiger partial charge in [-0.05, 0) is 31.1 Å². The van der Waals surface area contributed by atoms with Crippen LogP contribution in [0.25, 0.3) is 0 Å². The number of ether oxygens (including phenoxy) is 3. The van der Waals surface area contributed by atoms with Crippen molar-refractivity contribution in [2.45, 2.75) is 323 Å². The normalized spacial score (nSPS) is 12.0. The summed E-state index contributed by atoms with van der Waals surface area (Å²) in [5.74, 6) is 0.819. The van der Waals surface area contributed by atoms with Crippen molar-refractivity contribution in [3.05, 3.63) is 0 Å². The highest BCUT2D eigenvalue weighted by Crippen LogP contribution is 2.18. The number of unbranched alkanes of at least 4 members (excludes halogenated alkanes) is 36. The van der Waals surface area contributed by atoms with Crippen molar-refractivity contribution in [3.63, 3.8) is 0 Å². The standard InChI is InChI=1S/C57H110O6/c1-6-7-8-9-10-11-12-13-19-23-28-34-39-44-49-57(60)63-54(51-62-56(59)48-43-38-33-29-24-26-31-36-41-46-53(4)5)50-61-55(58)47-42-37-32-27-22-20-17-15-14-16-18-21-25-30-35-40-45-52(2)3/h52-54H,6-51H2,1-5H3/t54-/m1/s1. The molecule has 0 saturated heterocycles. The van der Waals surface area contributed by atoms with Gasteiger partial charge in [0.1, 0.15) is 13.2 Å². The van der Waals surface area contributed by atoms with E-state index in [1.165, 1.54) is 205 Å². The molecule has 0 radical (unpaired) electrons. The summed E-state index contributed by atoms with van der Waals surface area (Å²) in [5, 5.41) is 0. The average molecular weight is 892 g/mol. The zero-order valence-electron chi connectivity index (χ0n) is 43.2. The van der Waals surface area contributed by atoms with Gasteiger partial charge < -0.3 is 14.2 Å². The monoisotopic (exact) mass is 891 g/mol. The molecule has 0 fully saturated rings. The fourth-order valence-corrected chi connectivity index (χ4v) is 8.70. The number of hydrogen-bond acceptors (Lipinski definition) is 6. The van der Waals surface area contributed by atoms with Gasteiger partial charge in [-0.2, -0.15) is 0 Å². The molecule has 0 saturated carbocycles. The lowest BCUT2D eigenvalue weighted by Gasteiger charge is -2.18. The Balaban J connectivity index is 4.26. The highest BCUT2D eigenvalue weighted by Gasteiger charge is 2.19. The van der Waals surface area contributed by atoms with Gasteiger partial charge in [-0.25, -0.2) is 0 Å². The van der Waals surface area contributed by atoms with E-state index in [2.05, 4.69) is 34.6 Å². The lowest BCUT2D eigenvalue weighted by atomic mass is 10.0. The van der Waals surface area contributed by atoms with Gasteiger partial charge in [0, 0.05) is 19.3 Å². The molecule has 0 aliphatic carbocycles. The largest absolute Gasteiger partial charge is 0.462 e. The number of carbonyl (C=O) groups excluding carboxylic acids is 3. The van der Waals surface area contributed by atoms with Gasteiger partial charge in [-0.3, -0.25) is 14.4 Å². The molecule has 374 valence electrons. The van der Waals surface area contributed by atoms with E-state index in [4.69, 9.17) is 14.2 Å². The first-order chi connectivity index (χ1) is 30.7. The van der Waals surface area contributed by atoms with Crippen LogP contribution in [0.3, 0.4) is 0 Å². The van der Waals surface area contributed by atoms with Crippen molar-refractivity contribution in [2.75, 3.05) is 13.2 Å². The van der Waals surface area contributed by atoms with E-state index in [-0.39, 0.29) is 31.1 Å². The highest BCUT2D eigenvalue weighted by atomic mass is 16.6. The van der Waals surface area contributed by atoms with Crippen LogP contribution in [-0.2, 0) is 28.6 Å². The topological polar surface area (TPSA) is 78.9 Å². The lowest BCUT2D eigenvalue weighted by Crippen LogP contribution is -2.30. The van der Waals surface area contributed by atoms with Gasteiger partial charge in [0.15, 0.2) is 6.10 Å². The highest BCUT2D eigenvalue weighted by molar-refractivity contribution is 5.71. The van der Waals surface area contributed by atoms with E-state index in [0.29, 0.717) is 19.3 Å². The smallest absolute Gasteiger partial charge is 0.306 e. The molecule has 0 aromatic rings. The molecule has 0 aromatic carbocycles. The van der Waals surface area contributed by atoms with Crippen LogP contribution in [0, 0.1) is 11.8 Å². The zero-order chi connectivity index (χ0) is 46.1. The molecule has 0 bridgehead atoms. The first kappa shape index (κ1) is 61.4. The second kappa shape index (κ2) is 49.8. The average Bonchev–Trinajstić information content (AvgIpc) is 3.25. The van der Waals surface area contributed by atoms with E-state index in [1.807, 2.05) is 0 Å². The maximum Gasteiger partial charge on any atom is 0.306 e. The van der Waals surface area contributed by atoms with Crippen LogP contribution < -0.4 is 0 Å². The van der Waals surface area contributed by atoms with Crippen LogP contribution in [0.5, 0.6) is 0 Å². The van der Waals surface area contributed by atoms with Crippen LogP contribution in [0.2, 0.25) is 0 Å². The molecule has 0 heterocycles. The van der Waals surface area contributed by atoms with Gasteiger partial charge in [0.05, 0.1) is 0 Å². The molecule has 63 heavy (non-hydrogen) atoms. The summed E-state index contributed by atoms with van der Waals surface area (Å²) >= 11 is 0. The summed E-state index contributed by atoms with van der Waals surface area (Å²) in [6.45, 7) is 11.4. The van der Waals surface area contributed by atoms with Crippen molar-refractivity contribution in [3.8, 4) is 0 Å². The molecular weight excluding hydrogens is 781 g/mol. The molecule has 0 aliphatic rings. The molecule has 0 aromatic heterocycles. The van der Waals surface area contributed by atoms with Gasteiger partial charge in [-0.15, -0.1) is 0 Å². The summed E-state index contributed by atoms with van der Waals surface area (Å²) < 4.78 is 16.9. The molecule has 0 spiro atoms. The molecule has 6 heteroatoms. The van der Waals surface area contributed by atoms with E-state index >= 15 is 0 Å². The van der Waals surface area contributed by atoms with Crippen molar-refractivity contribution >= 4 is 17.9 Å². The Bertz CT molecular complexity index is 962. The Kier molecular flexibility index (Phi) is 48.6. The Morgan fingerprint density at radius 3 is 0.778 bits per heavy atom. The molecular formula is C57H110O6. The van der Waals surface area contributed by atoms with E-state index < -0.39 is 6.10 Å². The SMILES string of the molecule is CCCCCCCCCCCCCCCCC(=O)O[C@H](COC(=O)CCCCCCCCCCCCCCCCCCC(C)C)COC(=O)CCCCCCCCCCCC(C)C. The van der Waals surface area contributed by atoms with Crippen molar-refractivity contribution in [1.82, 2.24) is 0 Å². The maximum absolute atomic E-state index is 12.8. The predicted molar refractivity (Wildman–Crippen MR) is 270 cm³/mol. The Labute approximate surface area is 393 Å². The van der Waals surface area contributed by atoms with Gasteiger partial charge in [0.25, 0.3) is 0 Å². The quantitative estimate of drug-likeness (QED) is 0.0344. The minimum atomic E-state index is -0.762. The molecule has 0 unspecified atom stereocenters. The van der Waals surface area contributed by atoms with Gasteiger partial charge >= 0.3 is 17.9 Å². The number of esters is 3. The van der Waals surface area contributed by atoms with Crippen LogP contribution in [0.4, 0.5) is 0 Å². The van der Waals surface area contributed by atoms with E-state index in [1.54, 1.807) is 0 Å².